The van der Waals surface area contributed by atoms with E-state index in [1.807, 2.05) is 0 Å². The van der Waals surface area contributed by atoms with Gasteiger partial charge in [0.25, 0.3) is 0 Å². The Morgan fingerprint density at radius 3 is 2.71 bits per heavy atom. The zero-order valence-electron chi connectivity index (χ0n) is 7.79. The van der Waals surface area contributed by atoms with Gasteiger partial charge in [-0.2, -0.15) is 0 Å². The van der Waals surface area contributed by atoms with Crippen LogP contribution in [-0.4, -0.2) is 12.7 Å². The summed E-state index contributed by atoms with van der Waals surface area (Å²) in [5, 5.41) is 0. The van der Waals surface area contributed by atoms with Gasteiger partial charge in [-0.15, -0.1) is 0 Å². The van der Waals surface area contributed by atoms with E-state index in [2.05, 4.69) is 11.8 Å². The summed E-state index contributed by atoms with van der Waals surface area (Å²) in [6.07, 6.45) is 2.16. The van der Waals surface area contributed by atoms with Crippen molar-refractivity contribution >= 4 is 0 Å². The molecule has 2 heteroatoms. The molecule has 0 N–H and O–H groups in total. The molecule has 0 radical (unpaired) electrons. The maximum atomic E-state index is 12.6. The van der Waals surface area contributed by atoms with Gasteiger partial charge in [-0.3, -0.25) is 0 Å². The van der Waals surface area contributed by atoms with E-state index in [1.165, 1.54) is 12.1 Å². The number of benzene rings is 1. The monoisotopic (exact) mass is 190 g/mol. The van der Waals surface area contributed by atoms with E-state index in [0.717, 1.165) is 25.0 Å². The normalized spacial score (nSPS) is 20.2. The number of halogens is 1. The average Bonchev–Trinajstić information content (AvgIpc) is 2.70. The molecule has 14 heavy (non-hydrogen) atoms. The molecule has 0 spiro atoms. The molecular weight excluding hydrogens is 179 g/mol. The number of hydrogen-bond acceptors (Lipinski definition) is 1. The summed E-state index contributed by atoms with van der Waals surface area (Å²) in [5.74, 6) is 5.77. The molecule has 1 aromatic carbocycles. The van der Waals surface area contributed by atoms with Crippen LogP contribution < -0.4 is 0 Å². The van der Waals surface area contributed by atoms with Gasteiger partial charge in [0.05, 0.1) is 0 Å². The first-order valence-electron chi connectivity index (χ1n) is 4.73. The molecule has 1 fully saturated rings. The second-order valence-electron chi connectivity index (χ2n) is 3.28. The van der Waals surface area contributed by atoms with Gasteiger partial charge in [-0.1, -0.05) is 11.8 Å². The van der Waals surface area contributed by atoms with Crippen molar-refractivity contribution < 1.29 is 9.13 Å². The summed E-state index contributed by atoms with van der Waals surface area (Å²) in [7, 11) is 0. The molecule has 1 aliphatic heterocycles. The van der Waals surface area contributed by atoms with Gasteiger partial charge in [0.15, 0.2) is 0 Å². The lowest BCUT2D eigenvalue weighted by Crippen LogP contribution is -1.99. The van der Waals surface area contributed by atoms with E-state index in [4.69, 9.17) is 4.74 Å². The Hall–Kier alpha value is -1.33. The van der Waals surface area contributed by atoms with Crippen molar-refractivity contribution in [2.75, 3.05) is 6.61 Å². The van der Waals surface area contributed by atoms with Crippen molar-refractivity contribution in [3.63, 3.8) is 0 Å². The zero-order valence-corrected chi connectivity index (χ0v) is 7.79. The molecule has 1 aliphatic rings. The highest BCUT2D eigenvalue weighted by atomic mass is 19.1. The number of hydrogen-bond donors (Lipinski definition) is 0. The average molecular weight is 190 g/mol. The molecule has 0 aromatic heterocycles. The minimum atomic E-state index is -0.229. The molecule has 0 bridgehead atoms. The Morgan fingerprint density at radius 2 is 2.07 bits per heavy atom. The fraction of sp³-hybridized carbons (Fsp3) is 0.333. The summed E-state index contributed by atoms with van der Waals surface area (Å²) in [4.78, 5) is 0. The summed E-state index contributed by atoms with van der Waals surface area (Å²) in [5.41, 5.74) is 0.835. The SMILES string of the molecule is Fc1ccc(C#C[C@H]2CCCO2)cc1. The van der Waals surface area contributed by atoms with Crippen LogP contribution in [0.4, 0.5) is 4.39 Å². The molecule has 0 saturated carbocycles. The van der Waals surface area contributed by atoms with Crippen LogP contribution in [0.1, 0.15) is 18.4 Å². The highest BCUT2D eigenvalue weighted by Gasteiger charge is 2.11. The molecule has 0 amide bonds. The highest BCUT2D eigenvalue weighted by molar-refractivity contribution is 5.34. The fourth-order valence-electron chi connectivity index (χ4n) is 1.39. The van der Waals surface area contributed by atoms with E-state index < -0.39 is 0 Å². The molecule has 1 nitrogen and oxygen atoms in total. The molecule has 1 saturated heterocycles. The van der Waals surface area contributed by atoms with Crippen molar-refractivity contribution in [3.05, 3.63) is 35.6 Å². The summed E-state index contributed by atoms with van der Waals surface area (Å²) in [6.45, 7) is 0.808. The van der Waals surface area contributed by atoms with E-state index in [-0.39, 0.29) is 11.9 Å². The van der Waals surface area contributed by atoms with Crippen LogP contribution in [0.3, 0.4) is 0 Å². The topological polar surface area (TPSA) is 9.23 Å². The largest absolute Gasteiger partial charge is 0.366 e. The molecule has 2 rings (SSSR count). The van der Waals surface area contributed by atoms with Gasteiger partial charge in [0.1, 0.15) is 11.9 Å². The van der Waals surface area contributed by atoms with Crippen LogP contribution in [-0.2, 0) is 4.74 Å². The Kier molecular flexibility index (Phi) is 2.81. The summed E-state index contributed by atoms with van der Waals surface area (Å²) in [6, 6.07) is 6.19. The predicted molar refractivity (Wildman–Crippen MR) is 52.3 cm³/mol. The Labute approximate surface area is 82.9 Å². The van der Waals surface area contributed by atoms with Crippen LogP contribution in [0.15, 0.2) is 24.3 Å². The van der Waals surface area contributed by atoms with Gasteiger partial charge in [0.2, 0.25) is 0 Å². The second-order valence-corrected chi connectivity index (χ2v) is 3.28. The van der Waals surface area contributed by atoms with Crippen LogP contribution >= 0.6 is 0 Å². The quantitative estimate of drug-likeness (QED) is 0.570. The molecule has 0 aliphatic carbocycles. The molecule has 1 heterocycles. The smallest absolute Gasteiger partial charge is 0.123 e. The van der Waals surface area contributed by atoms with Crippen molar-refractivity contribution in [2.24, 2.45) is 0 Å². The first-order valence-corrected chi connectivity index (χ1v) is 4.73. The van der Waals surface area contributed by atoms with E-state index in [1.54, 1.807) is 12.1 Å². The van der Waals surface area contributed by atoms with Gasteiger partial charge in [-0.25, -0.2) is 4.39 Å². The maximum absolute atomic E-state index is 12.6. The van der Waals surface area contributed by atoms with Crippen molar-refractivity contribution in [1.29, 1.82) is 0 Å². The lowest BCUT2D eigenvalue weighted by molar-refractivity contribution is 0.152. The molecular formula is C12H11FO. The summed E-state index contributed by atoms with van der Waals surface area (Å²) < 4.78 is 17.9. The third kappa shape index (κ3) is 2.34. The fourth-order valence-corrected chi connectivity index (χ4v) is 1.39. The second kappa shape index (κ2) is 4.26. The minimum Gasteiger partial charge on any atom is -0.366 e. The van der Waals surface area contributed by atoms with E-state index in [0.29, 0.717) is 0 Å². The third-order valence-electron chi connectivity index (χ3n) is 2.15. The van der Waals surface area contributed by atoms with Gasteiger partial charge >= 0.3 is 0 Å². The Balaban J connectivity index is 2.05. The standard InChI is InChI=1S/C12H11FO/c13-11-6-3-10(4-7-11)5-8-12-2-1-9-14-12/h3-4,6-7,12H,1-2,9H2/t12-/m1/s1. The van der Waals surface area contributed by atoms with Gasteiger partial charge in [0, 0.05) is 12.2 Å². The maximum Gasteiger partial charge on any atom is 0.123 e. The Bertz CT molecular complexity index is 352. The van der Waals surface area contributed by atoms with Crippen molar-refractivity contribution in [2.45, 2.75) is 18.9 Å². The number of rotatable bonds is 0. The lowest BCUT2D eigenvalue weighted by atomic mass is 10.2. The van der Waals surface area contributed by atoms with Gasteiger partial charge < -0.3 is 4.74 Å². The molecule has 0 unspecified atom stereocenters. The van der Waals surface area contributed by atoms with Crippen LogP contribution in [0.2, 0.25) is 0 Å². The lowest BCUT2D eigenvalue weighted by Gasteiger charge is -1.96. The van der Waals surface area contributed by atoms with Crippen molar-refractivity contribution in [1.82, 2.24) is 0 Å². The van der Waals surface area contributed by atoms with Crippen molar-refractivity contribution in [3.8, 4) is 11.8 Å². The zero-order chi connectivity index (χ0) is 9.80. The third-order valence-corrected chi connectivity index (χ3v) is 2.15. The first-order chi connectivity index (χ1) is 6.84. The van der Waals surface area contributed by atoms with Crippen LogP contribution in [0, 0.1) is 17.7 Å². The highest BCUT2D eigenvalue weighted by Crippen LogP contribution is 2.10. The van der Waals surface area contributed by atoms with Gasteiger partial charge in [-0.05, 0) is 37.1 Å². The van der Waals surface area contributed by atoms with E-state index >= 15 is 0 Å². The van der Waals surface area contributed by atoms with Crippen LogP contribution in [0.5, 0.6) is 0 Å². The number of ether oxygens (including phenoxy) is 1. The van der Waals surface area contributed by atoms with Crippen LogP contribution in [0.25, 0.3) is 0 Å². The van der Waals surface area contributed by atoms with E-state index in [9.17, 15) is 4.39 Å². The molecule has 72 valence electrons. The predicted octanol–water partition coefficient (Wildman–Crippen LogP) is 2.36. The summed E-state index contributed by atoms with van der Waals surface area (Å²) >= 11 is 0. The molecule has 1 atom stereocenters. The molecule has 1 aromatic rings. The Morgan fingerprint density at radius 1 is 1.29 bits per heavy atom. The first kappa shape index (κ1) is 9.23. The minimum absolute atomic E-state index is 0.0695.